The molecule has 3 fully saturated rings. The molecule has 0 radical (unpaired) electrons. The Hall–Kier alpha value is 0. The lowest BCUT2D eigenvalue weighted by Crippen LogP contribution is -2.41. The van der Waals surface area contributed by atoms with Crippen LogP contribution in [-0.4, -0.2) is 0 Å². The van der Waals surface area contributed by atoms with Crippen molar-refractivity contribution in [2.24, 2.45) is 35.5 Å². The summed E-state index contributed by atoms with van der Waals surface area (Å²) in [5.41, 5.74) is 0. The summed E-state index contributed by atoms with van der Waals surface area (Å²) in [5, 5.41) is 0. The highest BCUT2D eigenvalue weighted by Crippen LogP contribution is 2.54. The fourth-order valence-corrected chi connectivity index (χ4v) is 6.50. The zero-order chi connectivity index (χ0) is 15.4. The van der Waals surface area contributed by atoms with Crippen molar-refractivity contribution in [1.82, 2.24) is 0 Å². The summed E-state index contributed by atoms with van der Waals surface area (Å²) in [7, 11) is 0. The second kappa shape index (κ2) is 8.20. The van der Waals surface area contributed by atoms with E-state index in [0.29, 0.717) is 0 Å². The smallest absolute Gasteiger partial charge is 0.0355 e. The molecule has 0 aromatic carbocycles. The third kappa shape index (κ3) is 3.90. The van der Waals surface area contributed by atoms with Crippen LogP contribution in [0.5, 0.6) is 0 Å². The molecule has 0 aromatic rings. The molecule has 3 aliphatic carbocycles. The first-order valence-corrected chi connectivity index (χ1v) is 10.8. The van der Waals surface area contributed by atoms with Gasteiger partial charge in [0.25, 0.3) is 0 Å². The quantitative estimate of drug-likeness (QED) is 0.485. The van der Waals surface area contributed by atoms with Gasteiger partial charge in [-0.05, 0) is 74.0 Å². The molecule has 0 N–H and O–H groups in total. The molecule has 3 aliphatic rings. The van der Waals surface area contributed by atoms with Gasteiger partial charge >= 0.3 is 0 Å². The van der Waals surface area contributed by atoms with Crippen molar-refractivity contribution in [3.63, 3.8) is 0 Å². The van der Waals surface area contributed by atoms with Crippen molar-refractivity contribution in [3.05, 3.63) is 0 Å². The van der Waals surface area contributed by atoms with Gasteiger partial charge in [0.15, 0.2) is 0 Å². The highest BCUT2D eigenvalue weighted by Gasteiger charge is 2.44. The van der Waals surface area contributed by atoms with E-state index < -0.39 is 0 Å². The Morgan fingerprint density at radius 3 is 1.45 bits per heavy atom. The van der Waals surface area contributed by atoms with Crippen LogP contribution in [-0.2, 0) is 0 Å². The molecule has 22 heavy (non-hydrogen) atoms. The van der Waals surface area contributed by atoms with Gasteiger partial charge in [-0.25, -0.2) is 0 Å². The summed E-state index contributed by atoms with van der Waals surface area (Å²) in [6.07, 6.45) is 21.6. The monoisotopic (exact) mass is 304 g/mol. The van der Waals surface area contributed by atoms with E-state index in [1.54, 1.807) is 51.4 Å². The van der Waals surface area contributed by atoms with E-state index in [1.807, 2.05) is 0 Å². The van der Waals surface area contributed by atoms with Gasteiger partial charge in [-0.2, -0.15) is 0 Å². The molecular weight excluding hydrogens is 264 g/mol. The lowest BCUT2D eigenvalue weighted by Gasteiger charge is -2.51. The van der Waals surface area contributed by atoms with Crippen molar-refractivity contribution in [2.75, 3.05) is 0 Å². The number of hydrogen-bond donors (Lipinski definition) is 0. The molecule has 128 valence electrons. The topological polar surface area (TPSA) is 0 Å². The van der Waals surface area contributed by atoms with Crippen LogP contribution in [0.4, 0.5) is 0 Å². The van der Waals surface area contributed by atoms with E-state index in [9.17, 15) is 0 Å². The number of hydrogen-bond acceptors (Lipinski definition) is 0. The Morgan fingerprint density at radius 1 is 0.591 bits per heavy atom. The van der Waals surface area contributed by atoms with E-state index in [0.717, 1.165) is 35.5 Å². The highest BCUT2D eigenvalue weighted by molar-refractivity contribution is 4.94. The Kier molecular flexibility index (Phi) is 6.28. The maximum atomic E-state index is 2.35. The normalized spacial score (nSPS) is 41.7. The first kappa shape index (κ1) is 16.8. The SMILES string of the molecule is CCCC[C@@H]1CCC2C(CCC3C[C@H](CCCC)CCC32)C1. The van der Waals surface area contributed by atoms with Crippen molar-refractivity contribution >= 4 is 0 Å². The number of rotatable bonds is 6. The lowest BCUT2D eigenvalue weighted by molar-refractivity contribution is -0.00450. The van der Waals surface area contributed by atoms with Gasteiger partial charge in [-0.1, -0.05) is 65.2 Å². The second-order valence-electron chi connectivity index (χ2n) is 9.07. The molecule has 0 spiro atoms. The minimum absolute atomic E-state index is 1.10. The maximum Gasteiger partial charge on any atom is -0.0355 e. The third-order valence-corrected chi connectivity index (χ3v) is 7.69. The molecule has 0 saturated heterocycles. The van der Waals surface area contributed by atoms with Crippen molar-refractivity contribution in [2.45, 2.75) is 104 Å². The summed E-state index contributed by atoms with van der Waals surface area (Å²) in [4.78, 5) is 0. The Labute approximate surface area is 139 Å². The minimum atomic E-state index is 1.10. The summed E-state index contributed by atoms with van der Waals surface area (Å²) >= 11 is 0. The van der Waals surface area contributed by atoms with Gasteiger partial charge in [0, 0.05) is 0 Å². The van der Waals surface area contributed by atoms with E-state index >= 15 is 0 Å². The molecule has 3 saturated carbocycles. The molecule has 0 amide bonds. The van der Waals surface area contributed by atoms with E-state index in [1.165, 1.54) is 38.5 Å². The molecule has 0 aliphatic heterocycles. The maximum absolute atomic E-state index is 2.35. The van der Waals surface area contributed by atoms with Crippen LogP contribution < -0.4 is 0 Å². The average molecular weight is 305 g/mol. The van der Waals surface area contributed by atoms with Gasteiger partial charge in [-0.15, -0.1) is 0 Å². The van der Waals surface area contributed by atoms with Crippen LogP contribution in [0.2, 0.25) is 0 Å². The van der Waals surface area contributed by atoms with Crippen LogP contribution in [0.1, 0.15) is 104 Å². The molecule has 6 atom stereocenters. The van der Waals surface area contributed by atoms with Gasteiger partial charge < -0.3 is 0 Å². The van der Waals surface area contributed by atoms with Crippen LogP contribution in [0.15, 0.2) is 0 Å². The van der Waals surface area contributed by atoms with Gasteiger partial charge in [0.1, 0.15) is 0 Å². The van der Waals surface area contributed by atoms with E-state index in [4.69, 9.17) is 0 Å². The zero-order valence-electron chi connectivity index (χ0n) is 15.4. The molecule has 0 heteroatoms. The zero-order valence-corrected chi connectivity index (χ0v) is 15.4. The summed E-state index contributed by atoms with van der Waals surface area (Å²) in [6, 6.07) is 0. The predicted octanol–water partition coefficient (Wildman–Crippen LogP) is 7.23. The number of unbranched alkanes of at least 4 members (excludes halogenated alkanes) is 2. The Balaban J connectivity index is 1.51. The summed E-state index contributed by atoms with van der Waals surface area (Å²) in [5.74, 6) is 6.73. The van der Waals surface area contributed by atoms with Gasteiger partial charge in [0.05, 0.1) is 0 Å². The highest BCUT2D eigenvalue weighted by atomic mass is 14.5. The largest absolute Gasteiger partial charge is 0.0654 e. The van der Waals surface area contributed by atoms with E-state index in [2.05, 4.69) is 13.8 Å². The van der Waals surface area contributed by atoms with Crippen LogP contribution in [0, 0.1) is 35.5 Å². The molecular formula is C22H40. The number of fused-ring (bicyclic) bond motifs is 3. The van der Waals surface area contributed by atoms with Crippen LogP contribution in [0.3, 0.4) is 0 Å². The minimum Gasteiger partial charge on any atom is -0.0654 e. The first-order valence-electron chi connectivity index (χ1n) is 10.8. The van der Waals surface area contributed by atoms with Crippen molar-refractivity contribution in [3.8, 4) is 0 Å². The van der Waals surface area contributed by atoms with Crippen LogP contribution in [0.25, 0.3) is 0 Å². The van der Waals surface area contributed by atoms with Crippen molar-refractivity contribution < 1.29 is 0 Å². The summed E-state index contributed by atoms with van der Waals surface area (Å²) < 4.78 is 0. The molecule has 0 heterocycles. The third-order valence-electron chi connectivity index (χ3n) is 7.69. The van der Waals surface area contributed by atoms with Gasteiger partial charge in [0.2, 0.25) is 0 Å². The fraction of sp³-hybridized carbons (Fsp3) is 1.00. The second-order valence-corrected chi connectivity index (χ2v) is 9.07. The van der Waals surface area contributed by atoms with Crippen molar-refractivity contribution in [1.29, 1.82) is 0 Å². The fourth-order valence-electron chi connectivity index (χ4n) is 6.50. The molecule has 0 nitrogen and oxygen atoms in total. The summed E-state index contributed by atoms with van der Waals surface area (Å²) in [6.45, 7) is 4.71. The first-order chi connectivity index (χ1) is 10.8. The van der Waals surface area contributed by atoms with E-state index in [-0.39, 0.29) is 0 Å². The molecule has 0 aromatic heterocycles. The predicted molar refractivity (Wildman–Crippen MR) is 96.9 cm³/mol. The Morgan fingerprint density at radius 2 is 1.05 bits per heavy atom. The van der Waals surface area contributed by atoms with Gasteiger partial charge in [-0.3, -0.25) is 0 Å². The molecule has 0 bridgehead atoms. The Bertz CT molecular complexity index is 288. The standard InChI is InChI=1S/C22H40/c1-3-5-7-17-9-13-21-19(15-17)11-12-20-16-18(8-6-4-2)10-14-22(20)21/h17-22H,3-16H2,1-2H3/t17-,18-,19?,20?,21?,22?/m1/s1. The molecule has 4 unspecified atom stereocenters. The lowest BCUT2D eigenvalue weighted by atomic mass is 9.55. The molecule has 3 rings (SSSR count). The van der Waals surface area contributed by atoms with Crippen LogP contribution >= 0.6 is 0 Å². The average Bonchev–Trinajstić information content (AvgIpc) is 2.57.